The number of carbonyl (C=O) groups excluding carboxylic acids is 1. The van der Waals surface area contributed by atoms with Gasteiger partial charge in [0.25, 0.3) is 5.91 Å². The first-order valence-corrected chi connectivity index (χ1v) is 10.2. The Kier molecular flexibility index (Phi) is 4.37. The molecule has 0 aliphatic carbocycles. The van der Waals surface area contributed by atoms with Gasteiger partial charge in [-0.2, -0.15) is 5.26 Å². The number of aromatic nitrogens is 2. The minimum atomic E-state index is -0.344. The first kappa shape index (κ1) is 18.5. The molecule has 1 amide bonds. The molecule has 1 aromatic carbocycles. The Morgan fingerprint density at radius 2 is 2.10 bits per heavy atom. The van der Waals surface area contributed by atoms with E-state index < -0.39 is 0 Å². The van der Waals surface area contributed by atoms with Crippen molar-refractivity contribution in [3.63, 3.8) is 0 Å². The zero-order chi connectivity index (χ0) is 20.8. The monoisotopic (exact) mass is 421 g/mol. The van der Waals surface area contributed by atoms with Crippen LogP contribution in [0.3, 0.4) is 0 Å². The molecule has 0 spiro atoms. The number of hydrogen-bond donors (Lipinski definition) is 0. The van der Waals surface area contributed by atoms with Crippen LogP contribution in [-0.4, -0.2) is 44.4 Å². The van der Waals surface area contributed by atoms with E-state index >= 15 is 0 Å². The Bertz CT molecular complexity index is 1160. The van der Waals surface area contributed by atoms with Crippen LogP contribution in [0, 0.1) is 23.2 Å². The maximum atomic E-state index is 13.1. The van der Waals surface area contributed by atoms with Crippen LogP contribution < -0.4 is 4.74 Å². The molecule has 2 aromatic heterocycles. The molecule has 0 saturated carbocycles. The fourth-order valence-corrected chi connectivity index (χ4v) is 4.81. The van der Waals surface area contributed by atoms with E-state index in [1.807, 2.05) is 6.92 Å². The lowest BCUT2D eigenvalue weighted by Gasteiger charge is -2.16. The van der Waals surface area contributed by atoms with Gasteiger partial charge in [-0.25, -0.2) is 9.37 Å². The summed E-state index contributed by atoms with van der Waals surface area (Å²) in [7, 11) is 0. The van der Waals surface area contributed by atoms with Gasteiger partial charge in [0.05, 0.1) is 17.1 Å². The first-order chi connectivity index (χ1) is 14.6. The molecule has 3 atom stereocenters. The average Bonchev–Trinajstić information content (AvgIpc) is 3.13. The maximum absolute atomic E-state index is 13.1. The number of ether oxygens (including phenoxy) is 1. The molecule has 3 aromatic rings. The Hall–Kier alpha value is -3.51. The van der Waals surface area contributed by atoms with Crippen LogP contribution in [0.25, 0.3) is 10.4 Å². The van der Waals surface area contributed by atoms with Crippen LogP contribution in [0.1, 0.15) is 16.7 Å². The second kappa shape index (κ2) is 7.07. The van der Waals surface area contributed by atoms with Gasteiger partial charge in [-0.05, 0) is 36.2 Å². The molecule has 2 saturated heterocycles. The molecule has 5 rings (SSSR count). The van der Waals surface area contributed by atoms with E-state index in [0.717, 1.165) is 10.4 Å². The Labute approximate surface area is 176 Å². The van der Waals surface area contributed by atoms with E-state index in [9.17, 15) is 14.4 Å². The van der Waals surface area contributed by atoms with Crippen molar-refractivity contribution in [3.05, 3.63) is 59.7 Å². The van der Waals surface area contributed by atoms with Crippen LogP contribution in [-0.2, 0) is 0 Å². The number of thiazole rings is 1. The molecule has 2 unspecified atom stereocenters. The molecule has 9 heteroatoms. The second-order valence-corrected chi connectivity index (χ2v) is 8.33. The van der Waals surface area contributed by atoms with Crippen molar-refractivity contribution >= 4 is 17.2 Å². The highest BCUT2D eigenvalue weighted by Gasteiger charge is 2.62. The third kappa shape index (κ3) is 3.06. The number of rotatable bonds is 4. The molecule has 30 heavy (non-hydrogen) atoms. The van der Waals surface area contributed by atoms with Crippen LogP contribution in [0.15, 0.2) is 48.9 Å². The molecule has 150 valence electrons. The summed E-state index contributed by atoms with van der Waals surface area (Å²) < 4.78 is 19.0. The van der Waals surface area contributed by atoms with Crippen LogP contribution in [0.4, 0.5) is 4.39 Å². The van der Waals surface area contributed by atoms with Crippen molar-refractivity contribution in [3.8, 4) is 28.1 Å². The Balaban J connectivity index is 1.38. The SMILES string of the molecule is CC1CN(C#N)C2[C@@H]1N2C(=O)c1ncc(-c2ccncc2Oc2ccc(F)cc2)s1. The third-order valence-corrected chi connectivity index (χ3v) is 6.37. The third-order valence-electron chi connectivity index (χ3n) is 5.35. The topological polar surface area (TPSA) is 82.1 Å². The highest BCUT2D eigenvalue weighted by molar-refractivity contribution is 7.17. The predicted octanol–water partition coefficient (Wildman–Crippen LogP) is 3.72. The molecule has 0 N–H and O–H groups in total. The molecule has 4 heterocycles. The summed E-state index contributed by atoms with van der Waals surface area (Å²) in [4.78, 5) is 25.5. The molecule has 7 nitrogen and oxygen atoms in total. The number of benzene rings is 1. The Morgan fingerprint density at radius 3 is 2.87 bits per heavy atom. The lowest BCUT2D eigenvalue weighted by molar-refractivity contribution is 0.0816. The summed E-state index contributed by atoms with van der Waals surface area (Å²) in [6.45, 7) is 2.73. The van der Waals surface area contributed by atoms with Gasteiger partial charge in [-0.1, -0.05) is 6.92 Å². The summed E-state index contributed by atoms with van der Waals surface area (Å²) in [5, 5.41) is 9.62. The van der Waals surface area contributed by atoms with Gasteiger partial charge in [-0.15, -0.1) is 11.3 Å². The smallest absolute Gasteiger partial charge is 0.284 e. The lowest BCUT2D eigenvalue weighted by atomic mass is 10.1. The van der Waals surface area contributed by atoms with Crippen molar-refractivity contribution in [1.82, 2.24) is 19.8 Å². The van der Waals surface area contributed by atoms with Crippen molar-refractivity contribution < 1.29 is 13.9 Å². The van der Waals surface area contributed by atoms with Gasteiger partial charge >= 0.3 is 0 Å². The van der Waals surface area contributed by atoms with Crippen molar-refractivity contribution in [2.75, 3.05) is 6.54 Å². The van der Waals surface area contributed by atoms with Gasteiger partial charge in [0.15, 0.2) is 17.0 Å². The largest absolute Gasteiger partial charge is 0.455 e. The number of likely N-dealkylation sites (tertiary alicyclic amines) is 1. The summed E-state index contributed by atoms with van der Waals surface area (Å²) in [5.41, 5.74) is 0.740. The molecule has 2 aliphatic heterocycles. The number of nitriles is 1. The van der Waals surface area contributed by atoms with Crippen molar-refractivity contribution in [2.45, 2.75) is 19.1 Å². The number of pyridine rings is 1. The fraction of sp³-hybridized carbons (Fsp3) is 0.238. The maximum Gasteiger partial charge on any atom is 0.284 e. The van der Waals surface area contributed by atoms with Gasteiger partial charge < -0.3 is 9.64 Å². The minimum Gasteiger partial charge on any atom is -0.455 e. The normalized spacial score (nSPS) is 21.8. The lowest BCUT2D eigenvalue weighted by Crippen LogP contribution is -2.30. The molecule has 0 radical (unpaired) electrons. The van der Waals surface area contributed by atoms with Gasteiger partial charge in [-0.3, -0.25) is 14.7 Å². The minimum absolute atomic E-state index is 0.0720. The van der Waals surface area contributed by atoms with E-state index in [2.05, 4.69) is 16.2 Å². The van der Waals surface area contributed by atoms with Crippen LogP contribution >= 0.6 is 11.3 Å². The number of fused-ring (bicyclic) bond motifs is 1. The van der Waals surface area contributed by atoms with Crippen molar-refractivity contribution in [1.29, 1.82) is 5.26 Å². The van der Waals surface area contributed by atoms with E-state index in [1.54, 1.807) is 34.5 Å². The number of hydrogen-bond acceptors (Lipinski definition) is 7. The first-order valence-electron chi connectivity index (χ1n) is 9.39. The number of halogens is 1. The second-order valence-electron chi connectivity index (χ2n) is 7.30. The average molecular weight is 421 g/mol. The quantitative estimate of drug-likeness (QED) is 0.472. The fourth-order valence-electron chi connectivity index (χ4n) is 3.92. The van der Waals surface area contributed by atoms with Crippen molar-refractivity contribution in [2.24, 2.45) is 5.92 Å². The Morgan fingerprint density at radius 1 is 1.30 bits per heavy atom. The van der Waals surface area contributed by atoms with E-state index in [0.29, 0.717) is 23.1 Å². The molecular formula is C21H16FN5O2S. The number of carbonyl (C=O) groups is 1. The van der Waals surface area contributed by atoms with Gasteiger partial charge in [0, 0.05) is 24.5 Å². The zero-order valence-corrected chi connectivity index (χ0v) is 16.7. The summed E-state index contributed by atoms with van der Waals surface area (Å²) in [5.74, 6) is 0.717. The van der Waals surface area contributed by atoms with E-state index in [4.69, 9.17) is 4.74 Å². The van der Waals surface area contributed by atoms with Gasteiger partial charge in [0.1, 0.15) is 17.7 Å². The van der Waals surface area contributed by atoms with E-state index in [-0.39, 0.29) is 29.8 Å². The molecule has 2 aliphatic rings. The summed E-state index contributed by atoms with van der Waals surface area (Å²) in [6.07, 6.45) is 6.85. The van der Waals surface area contributed by atoms with E-state index in [1.165, 1.54) is 35.6 Å². The predicted molar refractivity (Wildman–Crippen MR) is 107 cm³/mol. The number of nitrogens with zero attached hydrogens (tertiary/aromatic N) is 5. The van der Waals surface area contributed by atoms with Crippen LogP contribution in [0.2, 0.25) is 0 Å². The molecular weight excluding hydrogens is 405 g/mol. The highest BCUT2D eigenvalue weighted by atomic mass is 32.1. The molecule has 2 fully saturated rings. The standard InChI is InChI=1S/C21H16FN5O2S/c1-12-10-26(11-23)20-18(12)27(20)21(28)19-25-9-17(30-19)15-6-7-24-8-16(15)29-14-4-2-13(22)3-5-14/h2-9,12,18,20H,10H2,1H3/t12?,18-,20?,27?/m1/s1. The highest BCUT2D eigenvalue weighted by Crippen LogP contribution is 2.45. The van der Waals surface area contributed by atoms with Gasteiger partial charge in [0.2, 0.25) is 0 Å². The summed E-state index contributed by atoms with van der Waals surface area (Å²) >= 11 is 1.27. The zero-order valence-electron chi connectivity index (χ0n) is 15.9. The number of amides is 1. The van der Waals surface area contributed by atoms with Crippen LogP contribution in [0.5, 0.6) is 11.5 Å². The molecule has 0 bridgehead atoms. The summed E-state index contributed by atoms with van der Waals surface area (Å²) in [6, 6.07) is 7.57.